The van der Waals surface area contributed by atoms with Crippen molar-refractivity contribution in [2.75, 3.05) is 36.0 Å². The molecule has 0 aliphatic carbocycles. The van der Waals surface area contributed by atoms with Crippen LogP contribution >= 0.6 is 35.6 Å². The first-order valence-corrected chi connectivity index (χ1v) is 15.0. The minimum Gasteiger partial charge on any atom is -0.368 e. The summed E-state index contributed by atoms with van der Waals surface area (Å²) in [4.78, 5) is 38.8. The molecule has 2 aliphatic heterocycles. The molecule has 2 aliphatic rings. The molecule has 0 saturated carbocycles. The number of fused-ring (bicyclic) bond motifs is 1. The van der Waals surface area contributed by atoms with E-state index in [0.717, 1.165) is 35.5 Å². The Labute approximate surface area is 253 Å². The molecule has 4 aromatic rings. The summed E-state index contributed by atoms with van der Waals surface area (Å²) in [5.41, 5.74) is 4.90. The lowest BCUT2D eigenvalue weighted by atomic mass is 10.1. The zero-order valence-corrected chi connectivity index (χ0v) is 25.1. The van der Waals surface area contributed by atoms with Crippen LogP contribution in [0.2, 0.25) is 5.02 Å². The zero-order chi connectivity index (χ0) is 28.7. The molecule has 41 heavy (non-hydrogen) atoms. The number of benzene rings is 2. The lowest BCUT2D eigenvalue weighted by Crippen LogP contribution is -2.47. The van der Waals surface area contributed by atoms with Crippen LogP contribution in [0.1, 0.15) is 22.3 Å². The second kappa shape index (κ2) is 11.3. The quantitative estimate of drug-likeness (QED) is 0.215. The molecule has 0 N–H and O–H groups in total. The van der Waals surface area contributed by atoms with Crippen molar-refractivity contribution in [3.63, 3.8) is 0 Å². The molecule has 7 nitrogen and oxygen atoms in total. The second-order valence-corrected chi connectivity index (χ2v) is 12.4. The van der Waals surface area contributed by atoms with Crippen LogP contribution in [0.5, 0.6) is 0 Å². The van der Waals surface area contributed by atoms with Gasteiger partial charge in [0.05, 0.1) is 17.0 Å². The van der Waals surface area contributed by atoms with Crippen LogP contribution in [-0.4, -0.2) is 50.7 Å². The van der Waals surface area contributed by atoms with E-state index in [1.165, 1.54) is 11.8 Å². The number of piperazine rings is 1. The fourth-order valence-electron chi connectivity index (χ4n) is 5.16. The molecule has 0 bridgehead atoms. The summed E-state index contributed by atoms with van der Waals surface area (Å²) < 4.78 is 2.03. The van der Waals surface area contributed by atoms with Crippen LogP contribution in [0.3, 0.4) is 0 Å². The van der Waals surface area contributed by atoms with Crippen LogP contribution in [-0.2, 0) is 11.3 Å². The van der Waals surface area contributed by atoms with E-state index in [9.17, 15) is 9.59 Å². The average molecular weight is 602 g/mol. The fraction of sp³-hybridized carbons (Fsp3) is 0.226. The molecular weight excluding hydrogens is 574 g/mol. The van der Waals surface area contributed by atoms with Crippen LogP contribution in [0, 0.1) is 13.8 Å². The summed E-state index contributed by atoms with van der Waals surface area (Å²) in [7, 11) is 0. The zero-order valence-electron chi connectivity index (χ0n) is 22.7. The Bertz CT molecular complexity index is 1760. The van der Waals surface area contributed by atoms with E-state index in [1.807, 2.05) is 68.4 Å². The van der Waals surface area contributed by atoms with E-state index in [4.69, 9.17) is 28.8 Å². The van der Waals surface area contributed by atoms with Gasteiger partial charge in [0.1, 0.15) is 15.8 Å². The Morgan fingerprint density at radius 1 is 0.976 bits per heavy atom. The van der Waals surface area contributed by atoms with Gasteiger partial charge in [-0.3, -0.25) is 18.9 Å². The molecule has 4 heterocycles. The minimum atomic E-state index is -0.213. The molecule has 0 spiro atoms. The first-order chi connectivity index (χ1) is 19.8. The minimum absolute atomic E-state index is 0.203. The van der Waals surface area contributed by atoms with Crippen molar-refractivity contribution in [1.82, 2.24) is 14.3 Å². The summed E-state index contributed by atoms with van der Waals surface area (Å²) in [5, 5.41) is 0.701. The van der Waals surface area contributed by atoms with Gasteiger partial charge in [0.2, 0.25) is 0 Å². The number of halogens is 1. The molecule has 0 unspecified atom stereocenters. The van der Waals surface area contributed by atoms with E-state index in [1.54, 1.807) is 21.6 Å². The van der Waals surface area contributed by atoms with Gasteiger partial charge in [0.25, 0.3) is 11.5 Å². The third-order valence-electron chi connectivity index (χ3n) is 7.43. The van der Waals surface area contributed by atoms with Crippen LogP contribution < -0.4 is 15.4 Å². The van der Waals surface area contributed by atoms with Gasteiger partial charge in [-0.1, -0.05) is 77.5 Å². The highest BCUT2D eigenvalue weighted by atomic mass is 35.5. The molecule has 1 amide bonds. The first-order valence-electron chi connectivity index (χ1n) is 13.4. The van der Waals surface area contributed by atoms with E-state index in [0.29, 0.717) is 50.9 Å². The van der Waals surface area contributed by atoms with Crippen molar-refractivity contribution in [1.29, 1.82) is 0 Å². The maximum Gasteiger partial charge on any atom is 0.267 e. The number of hydrogen-bond acceptors (Lipinski definition) is 7. The molecule has 0 atom stereocenters. The highest BCUT2D eigenvalue weighted by Crippen LogP contribution is 2.35. The Kier molecular flexibility index (Phi) is 7.59. The predicted octanol–water partition coefficient (Wildman–Crippen LogP) is 5.69. The van der Waals surface area contributed by atoms with Crippen molar-refractivity contribution in [3.8, 4) is 0 Å². The van der Waals surface area contributed by atoms with Crippen molar-refractivity contribution in [2.45, 2.75) is 20.4 Å². The number of thioether (sulfide) groups is 1. The van der Waals surface area contributed by atoms with Gasteiger partial charge in [0, 0.05) is 43.1 Å². The van der Waals surface area contributed by atoms with Crippen molar-refractivity contribution < 1.29 is 4.79 Å². The number of pyridine rings is 1. The normalized spacial score (nSPS) is 16.9. The summed E-state index contributed by atoms with van der Waals surface area (Å²) in [6, 6.07) is 19.6. The topological polar surface area (TPSA) is 61.2 Å². The van der Waals surface area contributed by atoms with Crippen LogP contribution in [0.15, 0.2) is 76.6 Å². The van der Waals surface area contributed by atoms with Gasteiger partial charge in [-0.25, -0.2) is 4.98 Å². The van der Waals surface area contributed by atoms with Crippen LogP contribution in [0.4, 0.5) is 11.5 Å². The molecule has 208 valence electrons. The van der Waals surface area contributed by atoms with Gasteiger partial charge < -0.3 is 9.80 Å². The van der Waals surface area contributed by atoms with Crippen LogP contribution in [0.25, 0.3) is 11.7 Å². The number of carbonyl (C=O) groups is 1. The Balaban J connectivity index is 1.35. The van der Waals surface area contributed by atoms with E-state index < -0.39 is 0 Å². The first kappa shape index (κ1) is 27.5. The van der Waals surface area contributed by atoms with E-state index >= 15 is 0 Å². The fourth-order valence-corrected chi connectivity index (χ4v) is 6.58. The summed E-state index contributed by atoms with van der Waals surface area (Å²) in [6.07, 6.45) is 3.40. The second-order valence-electron chi connectivity index (χ2n) is 10.2. The Morgan fingerprint density at radius 2 is 1.71 bits per heavy atom. The molecule has 0 radical (unpaired) electrons. The third kappa shape index (κ3) is 5.49. The predicted molar refractivity (Wildman–Crippen MR) is 172 cm³/mol. The number of amides is 1. The number of aryl methyl sites for hydroxylation is 2. The van der Waals surface area contributed by atoms with Gasteiger partial charge in [-0.2, -0.15) is 0 Å². The standard InChI is InChI=1S/C31H28ClN5O2S2/c1-20-8-10-22(11-9-20)19-37-30(39)26(41-31(37)40)18-25-28(33-27-21(2)5-4-12-36(27)29(25)38)35-15-13-34(14-16-35)24-7-3-6-23(32)17-24/h3-12,17-18H,13-16,19H2,1-2H3. The summed E-state index contributed by atoms with van der Waals surface area (Å²) in [6.45, 7) is 7.17. The van der Waals surface area contributed by atoms with Gasteiger partial charge in [-0.05, 0) is 55.3 Å². The largest absolute Gasteiger partial charge is 0.368 e. The number of nitrogens with zero attached hydrogens (tertiary/aromatic N) is 5. The van der Waals surface area contributed by atoms with Gasteiger partial charge in [-0.15, -0.1) is 0 Å². The van der Waals surface area contributed by atoms with Crippen molar-refractivity contribution in [2.24, 2.45) is 0 Å². The molecule has 2 saturated heterocycles. The number of hydrogen-bond donors (Lipinski definition) is 0. The summed E-state index contributed by atoms with van der Waals surface area (Å²) in [5.74, 6) is 0.380. The molecule has 2 aromatic carbocycles. The van der Waals surface area contributed by atoms with Crippen molar-refractivity contribution >= 4 is 69.0 Å². The maximum atomic E-state index is 13.9. The number of aromatic nitrogens is 2. The third-order valence-corrected chi connectivity index (χ3v) is 9.04. The number of carbonyl (C=O) groups excluding carboxylic acids is 1. The van der Waals surface area contributed by atoms with Gasteiger partial charge in [0.15, 0.2) is 0 Å². The number of anilines is 2. The van der Waals surface area contributed by atoms with E-state index in [-0.39, 0.29) is 11.5 Å². The molecule has 10 heteroatoms. The highest BCUT2D eigenvalue weighted by Gasteiger charge is 2.33. The SMILES string of the molecule is Cc1ccc(CN2C(=O)C(=Cc3c(N4CCN(c5cccc(Cl)c5)CC4)nc4c(C)cccn4c3=O)SC2=S)cc1. The monoisotopic (exact) mass is 601 g/mol. The molecule has 6 rings (SSSR count). The number of thiocarbonyl (C=S) groups is 1. The lowest BCUT2D eigenvalue weighted by Gasteiger charge is -2.37. The van der Waals surface area contributed by atoms with Crippen molar-refractivity contribution in [3.05, 3.63) is 109 Å². The Hall–Kier alpha value is -3.66. The number of rotatable bonds is 5. The molecular formula is C31H28ClN5O2S2. The Morgan fingerprint density at radius 3 is 2.44 bits per heavy atom. The molecule has 2 fully saturated rings. The maximum absolute atomic E-state index is 13.9. The smallest absolute Gasteiger partial charge is 0.267 e. The van der Waals surface area contributed by atoms with Gasteiger partial charge >= 0.3 is 0 Å². The van der Waals surface area contributed by atoms with E-state index in [2.05, 4.69) is 15.9 Å². The lowest BCUT2D eigenvalue weighted by molar-refractivity contribution is -0.122. The molecule has 2 aromatic heterocycles. The average Bonchev–Trinajstić information content (AvgIpc) is 3.23. The highest BCUT2D eigenvalue weighted by molar-refractivity contribution is 8.26. The summed E-state index contributed by atoms with van der Waals surface area (Å²) >= 11 is 13.0.